The molecule has 1 saturated heterocycles. The van der Waals surface area contributed by atoms with Crippen molar-refractivity contribution in [3.63, 3.8) is 0 Å². The molecule has 0 bridgehead atoms. The maximum absolute atomic E-state index is 12.1. The van der Waals surface area contributed by atoms with Gasteiger partial charge in [-0.3, -0.25) is 9.69 Å². The van der Waals surface area contributed by atoms with Crippen molar-refractivity contribution in [1.82, 2.24) is 4.90 Å². The van der Waals surface area contributed by atoms with Gasteiger partial charge < -0.3 is 5.11 Å². The molecule has 9 heteroatoms. The van der Waals surface area contributed by atoms with Gasteiger partial charge in [0, 0.05) is 19.0 Å². The molecule has 0 aromatic carbocycles. The molecule has 17 heavy (non-hydrogen) atoms. The van der Waals surface area contributed by atoms with Gasteiger partial charge in [-0.05, 0) is 6.42 Å². The van der Waals surface area contributed by atoms with Crippen LogP contribution in [0, 0.1) is 5.92 Å². The van der Waals surface area contributed by atoms with Gasteiger partial charge in [0.2, 0.25) is 12.0 Å². The smallest absolute Gasteiger partial charge is 0.370 e. The topological polar surface area (TPSA) is 40.5 Å². The number of ketones is 1. The highest BCUT2D eigenvalue weighted by Gasteiger charge is 2.49. The number of aliphatic hydroxyl groups is 1. The minimum Gasteiger partial charge on any atom is -0.370 e. The van der Waals surface area contributed by atoms with Crippen molar-refractivity contribution in [2.45, 2.75) is 25.0 Å². The lowest BCUT2D eigenvalue weighted by molar-refractivity contribution is -0.247. The van der Waals surface area contributed by atoms with Crippen LogP contribution in [-0.2, 0) is 4.79 Å². The number of likely N-dealkylation sites (tertiary alicyclic amines) is 1. The average molecular weight is 265 g/mol. The molecule has 1 heterocycles. The number of hydrogen-bond donors (Lipinski definition) is 1. The fraction of sp³-hybridized carbons (Fsp3) is 0.875. The maximum atomic E-state index is 12.1. The first-order valence-corrected chi connectivity index (χ1v) is 4.63. The summed E-state index contributed by atoms with van der Waals surface area (Å²) < 4.78 is 72.2. The molecule has 2 unspecified atom stereocenters. The molecule has 1 fully saturated rings. The quantitative estimate of drug-likeness (QED) is 0.765. The van der Waals surface area contributed by atoms with E-state index < -0.39 is 43.4 Å². The molecular formula is C8H9F6NO2. The number of alkyl halides is 6. The molecule has 1 aliphatic rings. The highest BCUT2D eigenvalue weighted by molar-refractivity contribution is 5.86. The van der Waals surface area contributed by atoms with Crippen LogP contribution in [0.5, 0.6) is 0 Å². The summed E-state index contributed by atoms with van der Waals surface area (Å²) in [5, 5.41) is 8.80. The van der Waals surface area contributed by atoms with E-state index in [-0.39, 0.29) is 6.42 Å². The summed E-state index contributed by atoms with van der Waals surface area (Å²) in [6.07, 6.45) is -13.2. The molecule has 0 aromatic rings. The van der Waals surface area contributed by atoms with Crippen LogP contribution in [0.25, 0.3) is 0 Å². The van der Waals surface area contributed by atoms with Gasteiger partial charge in [-0.15, -0.1) is 0 Å². The summed E-state index contributed by atoms with van der Waals surface area (Å²) in [7, 11) is 0. The Bertz CT molecular complexity index is 299. The number of nitrogens with zero attached hydrogens (tertiary/aromatic N) is 1. The molecule has 0 aliphatic carbocycles. The Kier molecular flexibility index (Phi) is 3.72. The number of carbonyl (C=O) groups is 1. The van der Waals surface area contributed by atoms with Crippen LogP contribution in [0.2, 0.25) is 0 Å². The Morgan fingerprint density at radius 2 is 1.76 bits per heavy atom. The van der Waals surface area contributed by atoms with E-state index in [1.54, 1.807) is 0 Å². The number of carbonyl (C=O) groups excluding carboxylic acids is 1. The van der Waals surface area contributed by atoms with Crippen LogP contribution in [0.4, 0.5) is 26.3 Å². The summed E-state index contributed by atoms with van der Waals surface area (Å²) >= 11 is 0. The van der Waals surface area contributed by atoms with E-state index in [2.05, 4.69) is 0 Å². The number of rotatable bonds is 2. The molecule has 0 spiro atoms. The lowest BCUT2D eigenvalue weighted by atomic mass is 10.0. The molecule has 1 rings (SSSR count). The van der Waals surface area contributed by atoms with Gasteiger partial charge >= 0.3 is 12.4 Å². The van der Waals surface area contributed by atoms with Crippen molar-refractivity contribution in [3.05, 3.63) is 0 Å². The summed E-state index contributed by atoms with van der Waals surface area (Å²) in [5.74, 6) is -3.58. The van der Waals surface area contributed by atoms with E-state index in [1.807, 2.05) is 0 Å². The second-order valence-electron chi connectivity index (χ2n) is 3.76. The third-order valence-corrected chi connectivity index (χ3v) is 2.51. The standard InChI is InChI=1S/C8H9F6NO2/c9-7(10,11)5(16)4-1-2-15(3-4)6(17)8(12,13)14/h4,6,17H,1-3H2. The predicted molar refractivity (Wildman–Crippen MR) is 42.8 cm³/mol. The maximum Gasteiger partial charge on any atom is 0.450 e. The van der Waals surface area contributed by atoms with Gasteiger partial charge in [0.25, 0.3) is 0 Å². The Balaban J connectivity index is 2.63. The van der Waals surface area contributed by atoms with Crippen molar-refractivity contribution in [1.29, 1.82) is 0 Å². The number of aliphatic hydroxyl groups excluding tert-OH is 1. The summed E-state index contributed by atoms with van der Waals surface area (Å²) in [4.78, 5) is 11.2. The highest BCUT2D eigenvalue weighted by atomic mass is 19.4. The van der Waals surface area contributed by atoms with Crippen molar-refractivity contribution in [2.24, 2.45) is 5.92 Å². The van der Waals surface area contributed by atoms with E-state index in [0.717, 1.165) is 0 Å². The Hall–Kier alpha value is -0.830. The fourth-order valence-corrected chi connectivity index (χ4v) is 1.66. The zero-order valence-corrected chi connectivity index (χ0v) is 8.35. The molecule has 1 N–H and O–H groups in total. The summed E-state index contributed by atoms with van der Waals surface area (Å²) in [6, 6.07) is 0. The molecule has 1 aliphatic heterocycles. The molecule has 0 amide bonds. The van der Waals surface area contributed by atoms with Crippen LogP contribution >= 0.6 is 0 Å². The lowest BCUT2D eigenvalue weighted by Crippen LogP contribution is -2.45. The van der Waals surface area contributed by atoms with Crippen LogP contribution in [0.15, 0.2) is 0 Å². The minimum absolute atomic E-state index is 0.342. The van der Waals surface area contributed by atoms with Gasteiger partial charge in [0.05, 0.1) is 0 Å². The normalized spacial score (nSPS) is 25.0. The molecule has 100 valence electrons. The molecular weight excluding hydrogens is 256 g/mol. The Morgan fingerprint density at radius 1 is 1.24 bits per heavy atom. The van der Waals surface area contributed by atoms with Crippen LogP contribution in [0.3, 0.4) is 0 Å². The minimum atomic E-state index is -5.05. The summed E-state index contributed by atoms with van der Waals surface area (Å²) in [5.41, 5.74) is 0. The van der Waals surface area contributed by atoms with E-state index in [4.69, 9.17) is 5.11 Å². The van der Waals surface area contributed by atoms with E-state index >= 15 is 0 Å². The van der Waals surface area contributed by atoms with E-state index in [9.17, 15) is 31.1 Å². The molecule has 0 saturated carbocycles. The predicted octanol–water partition coefficient (Wildman–Crippen LogP) is 1.32. The largest absolute Gasteiger partial charge is 0.450 e. The van der Waals surface area contributed by atoms with Crippen molar-refractivity contribution in [3.8, 4) is 0 Å². The first-order chi connectivity index (χ1) is 7.53. The molecule has 3 nitrogen and oxygen atoms in total. The van der Waals surface area contributed by atoms with E-state index in [1.165, 1.54) is 0 Å². The van der Waals surface area contributed by atoms with Gasteiger partial charge in [-0.25, -0.2) is 0 Å². The van der Waals surface area contributed by atoms with Crippen molar-refractivity contribution in [2.75, 3.05) is 13.1 Å². The second kappa shape index (κ2) is 4.45. The van der Waals surface area contributed by atoms with Crippen LogP contribution in [0.1, 0.15) is 6.42 Å². The molecule has 2 atom stereocenters. The highest BCUT2D eigenvalue weighted by Crippen LogP contribution is 2.31. The fourth-order valence-electron chi connectivity index (χ4n) is 1.66. The van der Waals surface area contributed by atoms with Gasteiger partial charge in [0.15, 0.2) is 0 Å². The van der Waals surface area contributed by atoms with Gasteiger partial charge in [-0.1, -0.05) is 0 Å². The van der Waals surface area contributed by atoms with Crippen LogP contribution < -0.4 is 0 Å². The first-order valence-electron chi connectivity index (χ1n) is 4.63. The monoisotopic (exact) mass is 265 g/mol. The SMILES string of the molecule is O=C(C1CCN(C(O)C(F)(F)F)C1)C(F)(F)F. The zero-order chi connectivity index (χ0) is 13.4. The number of hydrogen-bond acceptors (Lipinski definition) is 3. The Morgan fingerprint density at radius 3 is 2.18 bits per heavy atom. The Labute approximate surface area is 92.0 Å². The zero-order valence-electron chi connectivity index (χ0n) is 8.35. The van der Waals surface area contributed by atoms with E-state index in [0.29, 0.717) is 4.90 Å². The van der Waals surface area contributed by atoms with Gasteiger partial charge in [-0.2, -0.15) is 26.3 Å². The number of halogens is 6. The lowest BCUT2D eigenvalue weighted by Gasteiger charge is -2.24. The first kappa shape index (κ1) is 14.2. The second-order valence-corrected chi connectivity index (χ2v) is 3.76. The van der Waals surface area contributed by atoms with Crippen molar-refractivity contribution < 1.29 is 36.2 Å². The third-order valence-electron chi connectivity index (χ3n) is 2.51. The number of Topliss-reactive ketones (excluding diaryl/α,β-unsaturated/α-hetero) is 1. The average Bonchev–Trinajstić information content (AvgIpc) is 2.60. The molecule has 0 aromatic heterocycles. The molecule has 0 radical (unpaired) electrons. The summed E-state index contributed by atoms with van der Waals surface area (Å²) in [6.45, 7) is -1.13. The third kappa shape index (κ3) is 3.32. The van der Waals surface area contributed by atoms with Gasteiger partial charge in [0.1, 0.15) is 0 Å². The van der Waals surface area contributed by atoms with Crippen LogP contribution in [-0.4, -0.2) is 47.5 Å². The van der Waals surface area contributed by atoms with Crippen molar-refractivity contribution >= 4 is 5.78 Å².